The summed E-state index contributed by atoms with van der Waals surface area (Å²) in [4.78, 5) is 17.5. The Bertz CT molecular complexity index is 1020. The Morgan fingerprint density at radius 1 is 1.26 bits per heavy atom. The number of carbonyl (C=O) groups is 1. The van der Waals surface area contributed by atoms with Crippen molar-refractivity contribution in [3.05, 3.63) is 59.7 Å². The number of carbonyl (C=O) groups excluding carboxylic acids is 1. The number of imidazole rings is 1. The zero-order valence-electron chi connectivity index (χ0n) is 15.5. The van der Waals surface area contributed by atoms with Crippen molar-refractivity contribution in [2.75, 3.05) is 0 Å². The van der Waals surface area contributed by atoms with Crippen LogP contribution >= 0.6 is 0 Å². The number of nitrogens with zero attached hydrogens (tertiary/aromatic N) is 2. The van der Waals surface area contributed by atoms with Crippen LogP contribution in [0.5, 0.6) is 5.75 Å². The van der Waals surface area contributed by atoms with Crippen molar-refractivity contribution < 1.29 is 18.7 Å². The number of hydrogen-bond donors (Lipinski definition) is 0. The van der Waals surface area contributed by atoms with Gasteiger partial charge >= 0.3 is 6.09 Å². The Labute approximate surface area is 156 Å². The van der Waals surface area contributed by atoms with Crippen molar-refractivity contribution in [1.82, 2.24) is 9.55 Å². The fraction of sp³-hybridized carbons (Fsp3) is 0.333. The van der Waals surface area contributed by atoms with E-state index < -0.39 is 17.8 Å². The first-order valence-corrected chi connectivity index (χ1v) is 8.98. The Morgan fingerprint density at radius 2 is 2.04 bits per heavy atom. The van der Waals surface area contributed by atoms with Gasteiger partial charge in [0.2, 0.25) is 0 Å². The molecule has 140 valence electrons. The van der Waals surface area contributed by atoms with Gasteiger partial charge in [0.25, 0.3) is 0 Å². The van der Waals surface area contributed by atoms with Gasteiger partial charge in [-0.15, -0.1) is 0 Å². The van der Waals surface area contributed by atoms with Gasteiger partial charge in [0.1, 0.15) is 17.2 Å². The van der Waals surface area contributed by atoms with E-state index in [1.54, 1.807) is 6.07 Å². The van der Waals surface area contributed by atoms with E-state index in [0.717, 1.165) is 5.56 Å². The Kier molecular flexibility index (Phi) is 4.13. The van der Waals surface area contributed by atoms with Crippen molar-refractivity contribution in [2.45, 2.75) is 45.3 Å². The van der Waals surface area contributed by atoms with E-state index in [4.69, 9.17) is 9.47 Å². The fourth-order valence-electron chi connectivity index (χ4n) is 3.30. The summed E-state index contributed by atoms with van der Waals surface area (Å²) in [6.07, 6.45) is 0.347. The highest BCUT2D eigenvalue weighted by Gasteiger charge is 2.30. The molecule has 1 aliphatic rings. The lowest BCUT2D eigenvalue weighted by atomic mass is 10.0. The van der Waals surface area contributed by atoms with Gasteiger partial charge in [-0.3, -0.25) is 0 Å². The third-order valence-electron chi connectivity index (χ3n) is 4.42. The lowest BCUT2D eigenvalue weighted by Crippen LogP contribution is -2.30. The predicted molar refractivity (Wildman–Crippen MR) is 99.5 cm³/mol. The van der Waals surface area contributed by atoms with Crippen LogP contribution in [-0.2, 0) is 11.2 Å². The van der Waals surface area contributed by atoms with Crippen molar-refractivity contribution >= 4 is 17.1 Å². The number of rotatable bonds is 1. The van der Waals surface area contributed by atoms with Gasteiger partial charge in [-0.05, 0) is 69.5 Å². The second-order valence-electron chi connectivity index (χ2n) is 7.67. The molecule has 1 aromatic heterocycles. The molecule has 0 aliphatic carbocycles. The third kappa shape index (κ3) is 3.39. The number of halogens is 1. The summed E-state index contributed by atoms with van der Waals surface area (Å²) in [6.45, 7) is 5.47. The second kappa shape index (κ2) is 6.37. The van der Waals surface area contributed by atoms with Gasteiger partial charge in [-0.1, -0.05) is 12.1 Å². The first-order valence-electron chi connectivity index (χ1n) is 8.98. The number of para-hydroxylation sites is 2. The molecule has 5 nitrogen and oxygen atoms in total. The van der Waals surface area contributed by atoms with E-state index >= 15 is 0 Å². The predicted octanol–water partition coefficient (Wildman–Crippen LogP) is 5.02. The van der Waals surface area contributed by atoms with Crippen LogP contribution in [0.25, 0.3) is 11.0 Å². The van der Waals surface area contributed by atoms with E-state index in [9.17, 15) is 9.18 Å². The maximum absolute atomic E-state index is 13.4. The summed E-state index contributed by atoms with van der Waals surface area (Å²) in [7, 11) is 0. The van der Waals surface area contributed by atoms with E-state index in [-0.39, 0.29) is 5.82 Å². The van der Waals surface area contributed by atoms with Gasteiger partial charge in [-0.2, -0.15) is 0 Å². The molecule has 0 spiro atoms. The minimum atomic E-state index is -0.628. The van der Waals surface area contributed by atoms with Crippen molar-refractivity contribution in [3.63, 3.8) is 0 Å². The number of benzene rings is 2. The molecule has 4 rings (SSSR count). The van der Waals surface area contributed by atoms with Crippen LogP contribution in [0.1, 0.15) is 44.7 Å². The summed E-state index contributed by atoms with van der Waals surface area (Å²) >= 11 is 0. The molecule has 1 atom stereocenters. The molecule has 0 N–H and O–H groups in total. The van der Waals surface area contributed by atoms with Crippen LogP contribution < -0.4 is 4.74 Å². The lowest BCUT2D eigenvalue weighted by molar-refractivity contribution is 0.0520. The smallest absolute Gasteiger partial charge is 0.420 e. The van der Waals surface area contributed by atoms with Crippen LogP contribution in [0.2, 0.25) is 0 Å². The quantitative estimate of drug-likeness (QED) is 0.605. The maximum Gasteiger partial charge on any atom is 0.420 e. The highest BCUT2D eigenvalue weighted by Crippen LogP contribution is 2.36. The first-order chi connectivity index (χ1) is 12.8. The fourth-order valence-corrected chi connectivity index (χ4v) is 3.30. The molecule has 1 unspecified atom stereocenters. The van der Waals surface area contributed by atoms with E-state index in [1.165, 1.54) is 16.7 Å². The summed E-state index contributed by atoms with van der Waals surface area (Å²) in [5.74, 6) is 0.840. The van der Waals surface area contributed by atoms with Crippen LogP contribution in [0, 0.1) is 5.82 Å². The van der Waals surface area contributed by atoms with Crippen molar-refractivity contribution in [3.8, 4) is 5.75 Å². The second-order valence-corrected chi connectivity index (χ2v) is 7.67. The number of hydrogen-bond acceptors (Lipinski definition) is 4. The zero-order chi connectivity index (χ0) is 19.2. The lowest BCUT2D eigenvalue weighted by Gasteiger charge is -2.27. The molecule has 0 amide bonds. The van der Waals surface area contributed by atoms with E-state index in [0.29, 0.717) is 35.4 Å². The number of aryl methyl sites for hydroxylation is 1. The molecule has 2 aromatic carbocycles. The van der Waals surface area contributed by atoms with Gasteiger partial charge in [0.05, 0.1) is 11.0 Å². The average molecular weight is 368 g/mol. The molecule has 0 saturated heterocycles. The van der Waals surface area contributed by atoms with Gasteiger partial charge < -0.3 is 9.47 Å². The van der Waals surface area contributed by atoms with Crippen molar-refractivity contribution in [1.29, 1.82) is 0 Å². The summed E-state index contributed by atoms with van der Waals surface area (Å²) in [5.41, 5.74) is 1.57. The molecule has 0 radical (unpaired) electrons. The first kappa shape index (κ1) is 17.5. The zero-order valence-corrected chi connectivity index (χ0v) is 15.5. The minimum absolute atomic E-state index is 0.281. The van der Waals surface area contributed by atoms with Crippen LogP contribution in [-0.4, -0.2) is 21.2 Å². The number of fused-ring (bicyclic) bond motifs is 2. The SMILES string of the molecule is CC(C)(C)OC(=O)n1c(C2CCc3cc(F)ccc3O2)nc2ccccc21. The maximum atomic E-state index is 13.4. The molecular formula is C21H21FN2O3. The number of ether oxygens (including phenoxy) is 2. The molecule has 0 saturated carbocycles. The molecule has 6 heteroatoms. The van der Waals surface area contributed by atoms with Gasteiger partial charge in [0, 0.05) is 0 Å². The third-order valence-corrected chi connectivity index (χ3v) is 4.42. The molecular weight excluding hydrogens is 347 g/mol. The molecule has 0 fully saturated rings. The minimum Gasteiger partial charge on any atom is -0.482 e. The Hall–Kier alpha value is -2.89. The van der Waals surface area contributed by atoms with Crippen LogP contribution in [0.15, 0.2) is 42.5 Å². The Balaban J connectivity index is 1.76. The van der Waals surface area contributed by atoms with Crippen LogP contribution in [0.4, 0.5) is 9.18 Å². The molecule has 2 heterocycles. The Morgan fingerprint density at radius 3 is 2.81 bits per heavy atom. The van der Waals surface area contributed by atoms with Crippen LogP contribution in [0.3, 0.4) is 0 Å². The molecule has 0 bridgehead atoms. The highest BCUT2D eigenvalue weighted by molar-refractivity contribution is 5.87. The highest BCUT2D eigenvalue weighted by atomic mass is 19.1. The van der Waals surface area contributed by atoms with Gasteiger partial charge in [0.15, 0.2) is 11.9 Å². The topological polar surface area (TPSA) is 53.4 Å². The number of aromatic nitrogens is 2. The standard InChI is InChI=1S/C21H21FN2O3/c1-21(2,3)27-20(25)24-16-7-5-4-6-15(16)23-19(24)18-10-8-13-12-14(22)9-11-17(13)26-18/h4-7,9,11-12,18H,8,10H2,1-3H3. The monoisotopic (exact) mass is 368 g/mol. The normalized spacial score (nSPS) is 16.7. The van der Waals surface area contributed by atoms with E-state index in [2.05, 4.69) is 4.98 Å². The van der Waals surface area contributed by atoms with Gasteiger partial charge in [-0.25, -0.2) is 18.7 Å². The molecule has 3 aromatic rings. The molecule has 1 aliphatic heterocycles. The van der Waals surface area contributed by atoms with E-state index in [1.807, 2.05) is 45.0 Å². The summed E-state index contributed by atoms with van der Waals surface area (Å²) < 4.78 is 26.6. The summed E-state index contributed by atoms with van der Waals surface area (Å²) in [5, 5.41) is 0. The largest absolute Gasteiger partial charge is 0.482 e. The average Bonchev–Trinajstić information content (AvgIpc) is 2.99. The molecule has 27 heavy (non-hydrogen) atoms. The van der Waals surface area contributed by atoms with Crippen molar-refractivity contribution in [2.24, 2.45) is 0 Å². The summed E-state index contributed by atoms with van der Waals surface area (Å²) in [6, 6.07) is 11.9.